The van der Waals surface area contributed by atoms with Crippen molar-refractivity contribution in [2.75, 3.05) is 25.3 Å². The maximum Gasteiger partial charge on any atom is 0.231 e. The number of fused-ring (bicyclic) bond motifs is 3. The van der Waals surface area contributed by atoms with Gasteiger partial charge in [0.2, 0.25) is 20.4 Å². The van der Waals surface area contributed by atoms with E-state index in [1.807, 2.05) is 54.6 Å². The molecule has 0 radical (unpaired) electrons. The molecule has 254 valence electrons. The molecule has 0 saturated carbocycles. The van der Waals surface area contributed by atoms with E-state index in [1.54, 1.807) is 0 Å². The first kappa shape index (κ1) is 31.1. The lowest BCUT2D eigenvalue weighted by Crippen LogP contribution is -2.09. The van der Waals surface area contributed by atoms with Crippen molar-refractivity contribution in [3.8, 4) is 34.5 Å². The van der Waals surface area contributed by atoms with E-state index < -0.39 is 0 Å². The number of nitrogens with zero attached hydrogens (tertiary/aromatic N) is 1. The second kappa shape index (κ2) is 13.8. The lowest BCUT2D eigenvalue weighted by molar-refractivity contribution is 0.173. The molecule has 0 saturated heterocycles. The summed E-state index contributed by atoms with van der Waals surface area (Å²) in [6, 6.07) is 43.6. The molecule has 3 aliphatic heterocycles. The lowest BCUT2D eigenvalue weighted by atomic mass is 10.1. The van der Waals surface area contributed by atoms with E-state index >= 15 is 0 Å². The highest BCUT2D eigenvalue weighted by Crippen LogP contribution is 2.38. The van der Waals surface area contributed by atoms with E-state index in [2.05, 4.69) is 114 Å². The second-order valence-electron chi connectivity index (χ2n) is 12.4. The van der Waals surface area contributed by atoms with E-state index in [0.717, 1.165) is 84.9 Å². The van der Waals surface area contributed by atoms with Crippen molar-refractivity contribution in [1.29, 1.82) is 0 Å². The van der Waals surface area contributed by atoms with Crippen LogP contribution in [0.25, 0.3) is 36.5 Å². The van der Waals surface area contributed by atoms with Gasteiger partial charge < -0.3 is 33.3 Å². The Morgan fingerprint density at radius 3 is 1.27 bits per heavy atom. The summed E-state index contributed by atoms with van der Waals surface area (Å²) >= 11 is 0. The molecule has 0 bridgehead atoms. The molecule has 0 unspecified atom stereocenters. The standard InChI is InChI=1S/C45H33NO6/c1-2-36(45-42(3-1)49-30-52-45)17-8-33-13-22-39(23-14-33)46(37-18-9-31(10-19-37)4-6-34-15-24-40-43(26-34)50-28-47-40)38-20-11-32(12-21-38)5-7-35-16-25-41-44(27-35)51-29-48-41/h1-27H,28-30H2. The molecular formula is C45H33NO6. The van der Waals surface area contributed by atoms with Crippen LogP contribution in [0.1, 0.15) is 33.4 Å². The third-order valence-electron chi connectivity index (χ3n) is 9.07. The summed E-state index contributed by atoms with van der Waals surface area (Å²) in [7, 11) is 0. The van der Waals surface area contributed by atoms with Crippen LogP contribution in [0, 0.1) is 0 Å². The Morgan fingerprint density at radius 1 is 0.346 bits per heavy atom. The molecule has 6 aromatic carbocycles. The van der Waals surface area contributed by atoms with E-state index in [0.29, 0.717) is 0 Å². The highest BCUT2D eigenvalue weighted by molar-refractivity contribution is 5.81. The van der Waals surface area contributed by atoms with Gasteiger partial charge in [0.05, 0.1) is 0 Å². The highest BCUT2D eigenvalue weighted by Gasteiger charge is 2.17. The third kappa shape index (κ3) is 6.55. The van der Waals surface area contributed by atoms with Crippen molar-refractivity contribution in [2.45, 2.75) is 0 Å². The largest absolute Gasteiger partial charge is 0.454 e. The zero-order valence-electron chi connectivity index (χ0n) is 28.1. The van der Waals surface area contributed by atoms with E-state index in [4.69, 9.17) is 28.4 Å². The smallest absolute Gasteiger partial charge is 0.231 e. The van der Waals surface area contributed by atoms with Crippen molar-refractivity contribution >= 4 is 53.5 Å². The molecule has 7 heteroatoms. The van der Waals surface area contributed by atoms with Gasteiger partial charge in [-0.05, 0) is 94.5 Å². The van der Waals surface area contributed by atoms with Crippen molar-refractivity contribution in [3.63, 3.8) is 0 Å². The summed E-state index contributed by atoms with van der Waals surface area (Å²) in [5, 5.41) is 0. The van der Waals surface area contributed by atoms with Crippen LogP contribution in [0.5, 0.6) is 34.5 Å². The minimum absolute atomic E-state index is 0.249. The zero-order chi connectivity index (χ0) is 34.7. The molecule has 0 amide bonds. The molecule has 0 atom stereocenters. The number of para-hydroxylation sites is 1. The van der Waals surface area contributed by atoms with Crippen molar-refractivity contribution in [3.05, 3.63) is 161 Å². The quantitative estimate of drug-likeness (QED) is 0.141. The number of hydrogen-bond donors (Lipinski definition) is 0. The second-order valence-corrected chi connectivity index (χ2v) is 12.4. The van der Waals surface area contributed by atoms with Crippen LogP contribution in [0.15, 0.2) is 127 Å². The van der Waals surface area contributed by atoms with Gasteiger partial charge in [-0.25, -0.2) is 0 Å². The fraction of sp³-hybridized carbons (Fsp3) is 0.0667. The summed E-state index contributed by atoms with van der Waals surface area (Å²) in [5.74, 6) is 4.67. The van der Waals surface area contributed by atoms with Gasteiger partial charge in [-0.3, -0.25) is 0 Å². The minimum Gasteiger partial charge on any atom is -0.454 e. The normalized spacial score (nSPS) is 13.8. The average Bonchev–Trinajstić information content (AvgIpc) is 3.98. The Morgan fingerprint density at radius 2 is 0.750 bits per heavy atom. The van der Waals surface area contributed by atoms with Crippen LogP contribution in [0.2, 0.25) is 0 Å². The summed E-state index contributed by atoms with van der Waals surface area (Å²) in [6.07, 6.45) is 12.5. The van der Waals surface area contributed by atoms with Crippen LogP contribution >= 0.6 is 0 Å². The van der Waals surface area contributed by atoms with Gasteiger partial charge in [-0.1, -0.05) is 97.1 Å². The third-order valence-corrected chi connectivity index (χ3v) is 9.07. The molecular weight excluding hydrogens is 650 g/mol. The number of ether oxygens (including phenoxy) is 6. The summed E-state index contributed by atoms with van der Waals surface area (Å²) in [6.45, 7) is 0.779. The molecule has 0 fully saturated rings. The van der Waals surface area contributed by atoms with Crippen molar-refractivity contribution < 1.29 is 28.4 Å². The average molecular weight is 684 g/mol. The van der Waals surface area contributed by atoms with Crippen LogP contribution in [-0.2, 0) is 0 Å². The monoisotopic (exact) mass is 683 g/mol. The van der Waals surface area contributed by atoms with Crippen LogP contribution in [0.4, 0.5) is 17.1 Å². The first-order chi connectivity index (χ1) is 25.7. The minimum atomic E-state index is 0.249. The van der Waals surface area contributed by atoms with Gasteiger partial charge in [0.15, 0.2) is 34.5 Å². The number of benzene rings is 6. The van der Waals surface area contributed by atoms with Gasteiger partial charge in [-0.2, -0.15) is 0 Å². The number of anilines is 3. The zero-order valence-corrected chi connectivity index (χ0v) is 28.1. The van der Waals surface area contributed by atoms with Gasteiger partial charge >= 0.3 is 0 Å². The number of hydrogen-bond acceptors (Lipinski definition) is 7. The van der Waals surface area contributed by atoms with Gasteiger partial charge in [-0.15, -0.1) is 0 Å². The molecule has 0 spiro atoms. The highest BCUT2D eigenvalue weighted by atomic mass is 16.7. The maximum absolute atomic E-state index is 5.68. The van der Waals surface area contributed by atoms with E-state index in [9.17, 15) is 0 Å². The Kier molecular flexibility index (Phi) is 8.27. The van der Waals surface area contributed by atoms with E-state index in [-0.39, 0.29) is 20.4 Å². The summed E-state index contributed by atoms with van der Waals surface area (Å²) in [5.41, 5.74) is 9.48. The molecule has 6 aromatic rings. The molecule has 0 N–H and O–H groups in total. The van der Waals surface area contributed by atoms with E-state index in [1.165, 1.54) is 0 Å². The fourth-order valence-corrected chi connectivity index (χ4v) is 6.34. The Labute approximate surface area is 301 Å². The molecule has 3 aliphatic rings. The summed E-state index contributed by atoms with van der Waals surface area (Å²) < 4.78 is 33.2. The Bertz CT molecular complexity index is 2210. The molecule has 0 aromatic heterocycles. The van der Waals surface area contributed by atoms with Crippen molar-refractivity contribution in [2.24, 2.45) is 0 Å². The number of rotatable bonds is 9. The maximum atomic E-state index is 5.68. The van der Waals surface area contributed by atoms with Crippen LogP contribution in [0.3, 0.4) is 0 Å². The molecule has 3 heterocycles. The van der Waals surface area contributed by atoms with Gasteiger partial charge in [0.1, 0.15) is 0 Å². The van der Waals surface area contributed by atoms with Crippen molar-refractivity contribution in [1.82, 2.24) is 0 Å². The molecule has 9 rings (SSSR count). The topological polar surface area (TPSA) is 58.6 Å². The SMILES string of the molecule is C(=Cc1ccc2c(c1)OCO2)c1ccc(N(c2ccc(C=Cc3ccc4c(c3)OCO4)cc2)c2ccc(C=Cc3cccc4c3OCO4)cc2)cc1. The summed E-state index contributed by atoms with van der Waals surface area (Å²) in [4.78, 5) is 2.26. The first-order valence-electron chi connectivity index (χ1n) is 17.0. The predicted molar refractivity (Wildman–Crippen MR) is 206 cm³/mol. The van der Waals surface area contributed by atoms with Crippen LogP contribution in [-0.4, -0.2) is 20.4 Å². The molecule has 7 nitrogen and oxygen atoms in total. The first-order valence-corrected chi connectivity index (χ1v) is 17.0. The Hall–Kier alpha value is -6.86. The van der Waals surface area contributed by atoms with Crippen LogP contribution < -0.4 is 33.3 Å². The Balaban J connectivity index is 0.980. The lowest BCUT2D eigenvalue weighted by Gasteiger charge is -2.26. The predicted octanol–water partition coefficient (Wildman–Crippen LogP) is 10.9. The van der Waals surface area contributed by atoms with Gasteiger partial charge in [0, 0.05) is 22.6 Å². The molecule has 52 heavy (non-hydrogen) atoms. The fourth-order valence-electron chi connectivity index (χ4n) is 6.34. The molecule has 0 aliphatic carbocycles. The van der Waals surface area contributed by atoms with Gasteiger partial charge in [0.25, 0.3) is 0 Å².